The van der Waals surface area contributed by atoms with Gasteiger partial charge in [0.25, 0.3) is 0 Å². The van der Waals surface area contributed by atoms with Gasteiger partial charge in [-0.2, -0.15) is 0 Å². The van der Waals surface area contributed by atoms with Gasteiger partial charge in [0.05, 0.1) is 18.8 Å². The number of β-amino-alcohol motifs (C(OH)–C–C–N with tert-alkyl or cyclic N) is 1. The average molecular weight is 258 g/mol. The van der Waals surface area contributed by atoms with Crippen LogP contribution in [0.4, 0.5) is 0 Å². The number of rotatable bonds is 7. The van der Waals surface area contributed by atoms with E-state index >= 15 is 0 Å². The summed E-state index contributed by atoms with van der Waals surface area (Å²) in [7, 11) is 0. The normalized spacial score (nSPS) is 17.9. The van der Waals surface area contributed by atoms with E-state index in [0.29, 0.717) is 45.6 Å². The number of likely N-dealkylation sites (tertiary alicyclic amines) is 1. The second-order valence-electron chi connectivity index (χ2n) is 4.90. The van der Waals surface area contributed by atoms with Crippen LogP contribution >= 0.6 is 0 Å². The molecule has 1 rings (SSSR count). The third kappa shape index (κ3) is 5.46. The van der Waals surface area contributed by atoms with Gasteiger partial charge >= 0.3 is 5.97 Å². The summed E-state index contributed by atoms with van der Waals surface area (Å²) in [5, 5.41) is 12.2. The van der Waals surface area contributed by atoms with Gasteiger partial charge in [-0.1, -0.05) is 0 Å². The first kappa shape index (κ1) is 14.9. The molecule has 18 heavy (non-hydrogen) atoms. The van der Waals surface area contributed by atoms with Crippen LogP contribution < -0.4 is 5.32 Å². The largest absolute Gasteiger partial charge is 0.466 e. The van der Waals surface area contributed by atoms with E-state index in [1.807, 2.05) is 4.90 Å². The molecule has 0 aromatic rings. The fraction of sp³-hybridized carbons (Fsp3) is 0.833. The van der Waals surface area contributed by atoms with E-state index in [2.05, 4.69) is 5.32 Å². The zero-order valence-electron chi connectivity index (χ0n) is 11.1. The number of hydrogen-bond acceptors (Lipinski definition) is 5. The number of esters is 1. The molecule has 1 amide bonds. The highest BCUT2D eigenvalue weighted by Gasteiger charge is 2.36. The molecular weight excluding hydrogens is 236 g/mol. The van der Waals surface area contributed by atoms with Crippen molar-refractivity contribution >= 4 is 11.9 Å². The first-order valence-electron chi connectivity index (χ1n) is 6.30. The molecule has 1 aliphatic heterocycles. The van der Waals surface area contributed by atoms with E-state index in [9.17, 15) is 14.7 Å². The zero-order valence-corrected chi connectivity index (χ0v) is 11.1. The Morgan fingerprint density at radius 2 is 2.11 bits per heavy atom. The predicted molar refractivity (Wildman–Crippen MR) is 65.9 cm³/mol. The van der Waals surface area contributed by atoms with Gasteiger partial charge in [0.1, 0.15) is 0 Å². The van der Waals surface area contributed by atoms with E-state index in [-0.39, 0.29) is 11.9 Å². The van der Waals surface area contributed by atoms with Gasteiger partial charge in [-0.05, 0) is 20.3 Å². The van der Waals surface area contributed by atoms with E-state index in [1.165, 1.54) is 0 Å². The molecule has 104 valence electrons. The number of ether oxygens (including phenoxy) is 1. The maximum atomic E-state index is 11.5. The summed E-state index contributed by atoms with van der Waals surface area (Å²) in [5.41, 5.74) is -0.649. The molecule has 0 saturated carbocycles. The van der Waals surface area contributed by atoms with Crippen molar-refractivity contribution in [3.8, 4) is 0 Å². The highest BCUT2D eigenvalue weighted by atomic mass is 16.5. The summed E-state index contributed by atoms with van der Waals surface area (Å²) >= 11 is 0. The van der Waals surface area contributed by atoms with E-state index in [0.717, 1.165) is 0 Å². The molecule has 6 nitrogen and oxygen atoms in total. The van der Waals surface area contributed by atoms with Crippen LogP contribution in [-0.2, 0) is 14.3 Å². The van der Waals surface area contributed by atoms with Crippen LogP contribution in [0.15, 0.2) is 0 Å². The molecule has 1 fully saturated rings. The molecule has 0 spiro atoms. The monoisotopic (exact) mass is 258 g/mol. The molecule has 0 aliphatic carbocycles. The van der Waals surface area contributed by atoms with Gasteiger partial charge in [-0.3, -0.25) is 14.5 Å². The van der Waals surface area contributed by atoms with E-state index in [1.54, 1.807) is 13.8 Å². The predicted octanol–water partition coefficient (Wildman–Crippen LogP) is -0.487. The first-order valence-corrected chi connectivity index (χ1v) is 6.30. The van der Waals surface area contributed by atoms with Gasteiger partial charge in [0, 0.05) is 26.1 Å². The van der Waals surface area contributed by atoms with E-state index < -0.39 is 5.60 Å². The van der Waals surface area contributed by atoms with Gasteiger partial charge in [0.15, 0.2) is 0 Å². The molecule has 0 bridgehead atoms. The quantitative estimate of drug-likeness (QED) is 0.476. The Labute approximate surface area is 107 Å². The molecule has 1 heterocycles. The second-order valence-corrected chi connectivity index (χ2v) is 4.90. The van der Waals surface area contributed by atoms with Crippen molar-refractivity contribution in [3.63, 3.8) is 0 Å². The fourth-order valence-corrected chi connectivity index (χ4v) is 1.98. The van der Waals surface area contributed by atoms with Crippen LogP contribution in [0.25, 0.3) is 0 Å². The number of nitrogens with zero attached hydrogens (tertiary/aromatic N) is 1. The number of nitrogens with one attached hydrogen (secondary N) is 1. The first-order chi connectivity index (χ1) is 8.43. The van der Waals surface area contributed by atoms with Crippen LogP contribution in [0.3, 0.4) is 0 Å². The third-order valence-corrected chi connectivity index (χ3v) is 2.68. The SMILES string of the molecule is CCOC(=O)CCCNC(=O)CN1CC(C)(O)C1. The van der Waals surface area contributed by atoms with Gasteiger partial charge in [-0.25, -0.2) is 0 Å². The lowest BCUT2D eigenvalue weighted by atomic mass is 9.97. The Morgan fingerprint density at radius 1 is 1.44 bits per heavy atom. The molecule has 0 unspecified atom stereocenters. The van der Waals surface area contributed by atoms with Crippen LogP contribution in [0.2, 0.25) is 0 Å². The lowest BCUT2D eigenvalue weighted by Gasteiger charge is -2.43. The Balaban J connectivity index is 1.99. The number of hydrogen-bond donors (Lipinski definition) is 2. The molecule has 0 aromatic heterocycles. The van der Waals surface area contributed by atoms with Crippen molar-refractivity contribution in [2.24, 2.45) is 0 Å². The van der Waals surface area contributed by atoms with Crippen molar-refractivity contribution in [1.29, 1.82) is 0 Å². The molecule has 6 heteroatoms. The topological polar surface area (TPSA) is 78.9 Å². The average Bonchev–Trinajstić information content (AvgIpc) is 2.22. The summed E-state index contributed by atoms with van der Waals surface area (Å²) < 4.78 is 4.78. The summed E-state index contributed by atoms with van der Waals surface area (Å²) in [6.45, 7) is 5.74. The van der Waals surface area contributed by atoms with Crippen molar-refractivity contribution < 1.29 is 19.4 Å². The summed E-state index contributed by atoms with van der Waals surface area (Å²) in [5.74, 6) is -0.306. The second kappa shape index (κ2) is 6.70. The minimum Gasteiger partial charge on any atom is -0.466 e. The van der Waals surface area contributed by atoms with Crippen LogP contribution in [0.5, 0.6) is 0 Å². The van der Waals surface area contributed by atoms with Crippen molar-refractivity contribution in [1.82, 2.24) is 10.2 Å². The number of carbonyl (C=O) groups excluding carboxylic acids is 2. The smallest absolute Gasteiger partial charge is 0.305 e. The van der Waals surface area contributed by atoms with Crippen LogP contribution in [0.1, 0.15) is 26.7 Å². The molecule has 1 aliphatic rings. The van der Waals surface area contributed by atoms with E-state index in [4.69, 9.17) is 4.74 Å². The Bertz CT molecular complexity index is 296. The summed E-state index contributed by atoms with van der Waals surface area (Å²) in [4.78, 5) is 24.4. The minimum atomic E-state index is -0.649. The van der Waals surface area contributed by atoms with Crippen molar-refractivity contribution in [2.45, 2.75) is 32.3 Å². The maximum absolute atomic E-state index is 11.5. The molecule has 0 aromatic carbocycles. The number of carbonyl (C=O) groups is 2. The molecular formula is C12H22N2O4. The highest BCUT2D eigenvalue weighted by Crippen LogP contribution is 2.18. The van der Waals surface area contributed by atoms with Crippen molar-refractivity contribution in [3.05, 3.63) is 0 Å². The highest BCUT2D eigenvalue weighted by molar-refractivity contribution is 5.78. The van der Waals surface area contributed by atoms with Gasteiger partial charge in [0.2, 0.25) is 5.91 Å². The molecule has 2 N–H and O–H groups in total. The maximum Gasteiger partial charge on any atom is 0.305 e. The lowest BCUT2D eigenvalue weighted by molar-refractivity contribution is -0.143. The number of aliphatic hydroxyl groups is 1. The van der Waals surface area contributed by atoms with Crippen molar-refractivity contribution in [2.75, 3.05) is 32.8 Å². The van der Waals surface area contributed by atoms with Crippen LogP contribution in [-0.4, -0.2) is 60.3 Å². The molecule has 1 saturated heterocycles. The van der Waals surface area contributed by atoms with Gasteiger partial charge < -0.3 is 15.2 Å². The third-order valence-electron chi connectivity index (χ3n) is 2.68. The van der Waals surface area contributed by atoms with Crippen LogP contribution in [0, 0.1) is 0 Å². The summed E-state index contributed by atoms with van der Waals surface area (Å²) in [6.07, 6.45) is 0.912. The fourth-order valence-electron chi connectivity index (χ4n) is 1.98. The van der Waals surface area contributed by atoms with Gasteiger partial charge in [-0.15, -0.1) is 0 Å². The summed E-state index contributed by atoms with van der Waals surface area (Å²) in [6, 6.07) is 0. The standard InChI is InChI=1S/C12H22N2O4/c1-3-18-11(16)5-4-6-13-10(15)7-14-8-12(2,17)9-14/h17H,3-9H2,1-2H3,(H,13,15). The number of amides is 1. The Hall–Kier alpha value is -1.14. The zero-order chi connectivity index (χ0) is 13.6. The Kier molecular flexibility index (Phi) is 5.55. The minimum absolute atomic E-state index is 0.0747. The molecule has 0 radical (unpaired) electrons. The Morgan fingerprint density at radius 3 is 2.67 bits per heavy atom. The lowest BCUT2D eigenvalue weighted by Crippen LogP contribution is -2.61. The molecule has 0 atom stereocenters.